The van der Waals surface area contributed by atoms with E-state index < -0.39 is 18.5 Å². The number of ether oxygens (including phenoxy) is 1. The van der Waals surface area contributed by atoms with Crippen molar-refractivity contribution in [1.82, 2.24) is 9.78 Å². The zero-order chi connectivity index (χ0) is 19.6. The Kier molecular flexibility index (Phi) is 5.43. The molecule has 0 aliphatic carbocycles. The van der Waals surface area contributed by atoms with E-state index in [0.29, 0.717) is 21.5 Å². The summed E-state index contributed by atoms with van der Waals surface area (Å²) in [6.07, 6.45) is 0. The molecule has 0 saturated heterocycles. The molecule has 3 rings (SSSR count). The molecule has 0 aliphatic rings. The first-order valence-electron chi connectivity index (χ1n) is 7.75. The molecule has 1 heterocycles. The summed E-state index contributed by atoms with van der Waals surface area (Å²) in [5, 5.41) is 7.82. The minimum absolute atomic E-state index is 0.0463. The number of aromatic nitrogens is 2. The highest BCUT2D eigenvalue weighted by Crippen LogP contribution is 2.25. The second kappa shape index (κ2) is 7.77. The largest absolute Gasteiger partial charge is 0.451 e. The first kappa shape index (κ1) is 18.9. The number of aryl methyl sites for hydroxylation is 1. The quantitative estimate of drug-likeness (QED) is 0.673. The highest BCUT2D eigenvalue weighted by Gasteiger charge is 2.18. The number of amides is 1. The molecule has 9 heteroatoms. The van der Waals surface area contributed by atoms with Gasteiger partial charge in [0.2, 0.25) is 0 Å². The summed E-state index contributed by atoms with van der Waals surface area (Å²) in [6, 6.07) is 11.1. The van der Waals surface area contributed by atoms with E-state index in [1.54, 1.807) is 30.3 Å². The molecular weight excluding hydrogens is 393 g/mol. The number of carbonyl (C=O) groups is 2. The molecule has 27 heavy (non-hydrogen) atoms. The number of esters is 1. The lowest BCUT2D eigenvalue weighted by Crippen LogP contribution is -2.26. The van der Waals surface area contributed by atoms with Gasteiger partial charge < -0.3 is 10.1 Å². The average Bonchev–Trinajstić information content (AvgIpc) is 2.66. The van der Waals surface area contributed by atoms with Crippen LogP contribution in [0.3, 0.4) is 0 Å². The van der Waals surface area contributed by atoms with Gasteiger partial charge in [-0.3, -0.25) is 9.59 Å². The fourth-order valence-corrected chi connectivity index (χ4v) is 2.72. The topological polar surface area (TPSA) is 90.3 Å². The van der Waals surface area contributed by atoms with Crippen molar-refractivity contribution in [3.63, 3.8) is 0 Å². The van der Waals surface area contributed by atoms with Gasteiger partial charge in [-0.15, -0.1) is 0 Å². The number of nitrogens with one attached hydrogen (secondary N) is 1. The third-order valence-corrected chi connectivity index (χ3v) is 4.43. The number of hydrogen-bond donors (Lipinski definition) is 1. The lowest BCUT2D eigenvalue weighted by Gasteiger charge is -2.09. The van der Waals surface area contributed by atoms with Gasteiger partial charge in [-0.1, -0.05) is 41.4 Å². The number of carbonyl (C=O) groups excluding carboxylic acids is 2. The first-order valence-corrected chi connectivity index (χ1v) is 8.50. The highest BCUT2D eigenvalue weighted by molar-refractivity contribution is 6.42. The van der Waals surface area contributed by atoms with Crippen LogP contribution in [0.25, 0.3) is 10.8 Å². The number of nitrogens with zero attached hydrogens (tertiary/aromatic N) is 2. The number of fused-ring (bicyclic) bond motifs is 1. The number of rotatable bonds is 4. The predicted octanol–water partition coefficient (Wildman–Crippen LogP) is 3.04. The molecule has 138 valence electrons. The summed E-state index contributed by atoms with van der Waals surface area (Å²) in [4.78, 5) is 36.4. The van der Waals surface area contributed by atoms with Gasteiger partial charge in [0.05, 0.1) is 15.4 Å². The van der Waals surface area contributed by atoms with Crippen molar-refractivity contribution in [2.24, 2.45) is 7.05 Å². The smallest absolute Gasteiger partial charge is 0.359 e. The first-order chi connectivity index (χ1) is 12.9. The van der Waals surface area contributed by atoms with Gasteiger partial charge in [-0.2, -0.15) is 5.10 Å². The molecule has 0 fully saturated rings. The number of anilines is 1. The lowest BCUT2D eigenvalue weighted by atomic mass is 10.1. The molecule has 0 atom stereocenters. The molecule has 0 aliphatic heterocycles. The van der Waals surface area contributed by atoms with Crippen LogP contribution < -0.4 is 10.9 Å². The fraction of sp³-hybridized carbons (Fsp3) is 0.111. The SMILES string of the molecule is Cn1nc(C(=O)OCC(=O)Nc2ccc(Cl)c(Cl)c2)c2ccccc2c1=O. The van der Waals surface area contributed by atoms with Crippen LogP contribution in [0, 0.1) is 0 Å². The average molecular weight is 406 g/mol. The van der Waals surface area contributed by atoms with Crippen LogP contribution in [0.2, 0.25) is 10.0 Å². The van der Waals surface area contributed by atoms with E-state index in [1.807, 2.05) is 0 Å². The molecule has 7 nitrogen and oxygen atoms in total. The Hall–Kier alpha value is -2.90. The molecule has 2 aromatic carbocycles. The van der Waals surface area contributed by atoms with Gasteiger partial charge in [-0.25, -0.2) is 9.48 Å². The van der Waals surface area contributed by atoms with Gasteiger partial charge in [0.25, 0.3) is 11.5 Å². The van der Waals surface area contributed by atoms with Crippen LogP contribution in [0.15, 0.2) is 47.3 Å². The Bertz CT molecular complexity index is 1110. The van der Waals surface area contributed by atoms with Crippen LogP contribution in [0.5, 0.6) is 0 Å². The Labute approximate surface area is 163 Å². The maximum absolute atomic E-state index is 12.4. The fourth-order valence-electron chi connectivity index (χ4n) is 2.42. The Morgan fingerprint density at radius 3 is 2.52 bits per heavy atom. The molecule has 0 spiro atoms. The zero-order valence-corrected chi connectivity index (χ0v) is 15.5. The van der Waals surface area contributed by atoms with Gasteiger partial charge >= 0.3 is 5.97 Å². The molecule has 3 aromatic rings. The molecule has 1 N–H and O–H groups in total. The van der Waals surface area contributed by atoms with E-state index in [1.165, 1.54) is 19.2 Å². The maximum atomic E-state index is 12.4. The van der Waals surface area contributed by atoms with Crippen LogP contribution in [0.1, 0.15) is 10.5 Å². The van der Waals surface area contributed by atoms with Crippen LogP contribution in [0.4, 0.5) is 5.69 Å². The molecular formula is C18H13Cl2N3O4. The third-order valence-electron chi connectivity index (χ3n) is 3.69. The number of halogens is 2. The summed E-state index contributed by atoms with van der Waals surface area (Å²) in [5.74, 6) is -1.37. The molecule has 1 amide bonds. The standard InChI is InChI=1S/C18H13Cl2N3O4/c1-23-17(25)12-5-3-2-4-11(12)16(22-23)18(26)27-9-15(24)21-10-6-7-13(19)14(20)8-10/h2-8H,9H2,1H3,(H,21,24). The lowest BCUT2D eigenvalue weighted by molar-refractivity contribution is -0.119. The maximum Gasteiger partial charge on any atom is 0.359 e. The molecule has 0 saturated carbocycles. The van der Waals surface area contributed by atoms with Crippen molar-refractivity contribution in [2.45, 2.75) is 0 Å². The minimum Gasteiger partial charge on any atom is -0.451 e. The van der Waals surface area contributed by atoms with Gasteiger partial charge in [0.1, 0.15) is 0 Å². The summed E-state index contributed by atoms with van der Waals surface area (Å²) in [6.45, 7) is -0.530. The van der Waals surface area contributed by atoms with Crippen LogP contribution in [-0.2, 0) is 16.6 Å². The second-order valence-corrected chi connectivity index (χ2v) is 6.39. The van der Waals surface area contributed by atoms with E-state index >= 15 is 0 Å². The van der Waals surface area contributed by atoms with Gasteiger partial charge in [0, 0.05) is 18.1 Å². The van der Waals surface area contributed by atoms with Gasteiger partial charge in [-0.05, 0) is 24.3 Å². The summed E-state index contributed by atoms with van der Waals surface area (Å²) in [7, 11) is 1.43. The van der Waals surface area contributed by atoms with Crippen molar-refractivity contribution < 1.29 is 14.3 Å². The summed E-state index contributed by atoms with van der Waals surface area (Å²) in [5.41, 5.74) is 0.0330. The Morgan fingerprint density at radius 1 is 1.11 bits per heavy atom. The number of benzene rings is 2. The number of hydrogen-bond acceptors (Lipinski definition) is 5. The van der Waals surface area contributed by atoms with E-state index in [4.69, 9.17) is 27.9 Å². The summed E-state index contributed by atoms with van der Waals surface area (Å²) < 4.78 is 6.08. The van der Waals surface area contributed by atoms with Crippen molar-refractivity contribution in [2.75, 3.05) is 11.9 Å². The van der Waals surface area contributed by atoms with E-state index in [2.05, 4.69) is 10.4 Å². The second-order valence-electron chi connectivity index (χ2n) is 5.58. The third kappa shape index (κ3) is 4.10. The normalized spacial score (nSPS) is 10.6. The molecule has 0 unspecified atom stereocenters. The molecule has 1 aromatic heterocycles. The van der Waals surface area contributed by atoms with Crippen molar-refractivity contribution in [3.8, 4) is 0 Å². The molecule has 0 radical (unpaired) electrons. The van der Waals surface area contributed by atoms with E-state index in [-0.39, 0.29) is 16.3 Å². The predicted molar refractivity (Wildman–Crippen MR) is 102 cm³/mol. The van der Waals surface area contributed by atoms with Gasteiger partial charge in [0.15, 0.2) is 12.3 Å². The van der Waals surface area contributed by atoms with Crippen LogP contribution in [-0.4, -0.2) is 28.3 Å². The van der Waals surface area contributed by atoms with E-state index in [9.17, 15) is 14.4 Å². The molecule has 0 bridgehead atoms. The Balaban J connectivity index is 1.73. The minimum atomic E-state index is -0.814. The van der Waals surface area contributed by atoms with Crippen molar-refractivity contribution in [1.29, 1.82) is 0 Å². The Morgan fingerprint density at radius 2 is 1.81 bits per heavy atom. The monoisotopic (exact) mass is 405 g/mol. The highest BCUT2D eigenvalue weighted by atomic mass is 35.5. The zero-order valence-electron chi connectivity index (χ0n) is 14.0. The van der Waals surface area contributed by atoms with Crippen molar-refractivity contribution in [3.05, 3.63) is 68.6 Å². The van der Waals surface area contributed by atoms with Crippen LogP contribution >= 0.6 is 23.2 Å². The summed E-state index contributed by atoms with van der Waals surface area (Å²) >= 11 is 11.7. The van der Waals surface area contributed by atoms with Crippen molar-refractivity contribution >= 4 is 51.5 Å². The van der Waals surface area contributed by atoms with E-state index in [0.717, 1.165) is 4.68 Å².